The summed E-state index contributed by atoms with van der Waals surface area (Å²) in [7, 11) is 0. The largest absolute Gasteiger partial charge is 0.464 e. The second-order valence-corrected chi connectivity index (χ2v) is 8.93. The van der Waals surface area contributed by atoms with E-state index in [1.54, 1.807) is 38.1 Å². The van der Waals surface area contributed by atoms with Gasteiger partial charge in [-0.05, 0) is 67.8 Å². The molecule has 0 fully saturated rings. The summed E-state index contributed by atoms with van der Waals surface area (Å²) in [4.78, 5) is 0. The molecule has 2 unspecified atom stereocenters. The van der Waals surface area contributed by atoms with E-state index in [0.29, 0.717) is 23.8 Å². The van der Waals surface area contributed by atoms with E-state index >= 15 is 0 Å². The second-order valence-electron chi connectivity index (χ2n) is 8.93. The van der Waals surface area contributed by atoms with Gasteiger partial charge < -0.3 is 14.6 Å². The Balaban J connectivity index is 0.000000468. The summed E-state index contributed by atoms with van der Waals surface area (Å²) in [6.07, 6.45) is -0.278. The van der Waals surface area contributed by atoms with Crippen LogP contribution in [0.1, 0.15) is 20.3 Å². The van der Waals surface area contributed by atoms with Crippen molar-refractivity contribution in [2.75, 3.05) is 0 Å². The van der Waals surface area contributed by atoms with Crippen molar-refractivity contribution >= 4 is 0 Å². The molecule has 1 heterocycles. The number of nitrogens with zero attached hydrogens (tertiary/aromatic N) is 2. The number of aliphatic hydroxyl groups is 2. The van der Waals surface area contributed by atoms with Crippen LogP contribution in [0.25, 0.3) is 45.2 Å². The van der Waals surface area contributed by atoms with Crippen LogP contribution in [0.5, 0.6) is 0 Å². The minimum Gasteiger partial charge on any atom is -0.464 e. The fourth-order valence-corrected chi connectivity index (χ4v) is 3.77. The summed E-state index contributed by atoms with van der Waals surface area (Å²) < 4.78 is 32.0. The van der Waals surface area contributed by atoms with Crippen molar-refractivity contribution in [3.63, 3.8) is 0 Å². The summed E-state index contributed by atoms with van der Waals surface area (Å²) in [5.74, 6) is 0.231. The molecule has 1 aromatic heterocycles. The average molecular weight is 706 g/mol. The maximum Gasteiger partial charge on any atom is 0.237 e. The molecule has 4 aromatic carbocycles. The smallest absolute Gasteiger partial charge is 0.237 e. The number of benzene rings is 4. The van der Waals surface area contributed by atoms with Gasteiger partial charge in [0.2, 0.25) is 5.89 Å². The third-order valence-corrected chi connectivity index (χ3v) is 5.64. The van der Waals surface area contributed by atoms with Crippen molar-refractivity contribution in [1.82, 2.24) is 10.2 Å². The number of halogens is 2. The van der Waals surface area contributed by atoms with E-state index in [1.807, 2.05) is 42.5 Å². The molecule has 0 aliphatic carbocycles. The molecule has 5 aromatic rings. The standard InChI is InChI=1S/C26H15F2N2O.C5H12O2.Ir/c27-23-13-9-19(10-14-23)17-1-5-21(6-2-17)25-29-30-26(31-25)22-7-3-18(4-8-22)20-11-15-24(28)16-12-20;1-4(6)3-5(2)7;/h1-7,9-16H;4-7H,3H2,1-2H3;/q-1;;. The van der Waals surface area contributed by atoms with E-state index in [9.17, 15) is 8.78 Å². The van der Waals surface area contributed by atoms with Crippen LogP contribution in [0.2, 0.25) is 0 Å². The van der Waals surface area contributed by atoms with E-state index in [0.717, 1.165) is 27.8 Å². The van der Waals surface area contributed by atoms with Crippen molar-refractivity contribution in [1.29, 1.82) is 0 Å². The third kappa shape index (κ3) is 8.47. The Morgan fingerprint density at radius 2 is 1.05 bits per heavy atom. The van der Waals surface area contributed by atoms with Crippen molar-refractivity contribution in [2.24, 2.45) is 0 Å². The van der Waals surface area contributed by atoms with Gasteiger partial charge in [0.25, 0.3) is 0 Å². The van der Waals surface area contributed by atoms with Gasteiger partial charge in [0.05, 0.1) is 12.2 Å². The molecule has 8 heteroatoms. The maximum atomic E-state index is 13.1. The van der Waals surface area contributed by atoms with Crippen LogP contribution in [0.4, 0.5) is 8.78 Å². The Hall–Kier alpha value is -3.55. The number of rotatable bonds is 6. The summed E-state index contributed by atoms with van der Waals surface area (Å²) in [5, 5.41) is 25.4. The maximum absolute atomic E-state index is 13.1. The Labute approximate surface area is 239 Å². The fourth-order valence-electron chi connectivity index (χ4n) is 3.77. The predicted molar refractivity (Wildman–Crippen MR) is 143 cm³/mol. The minimum atomic E-state index is -0.375. The zero-order valence-corrected chi connectivity index (χ0v) is 23.7. The van der Waals surface area contributed by atoms with Crippen LogP contribution in [0.3, 0.4) is 0 Å². The molecule has 0 bridgehead atoms. The molecule has 1 radical (unpaired) electrons. The molecule has 39 heavy (non-hydrogen) atoms. The van der Waals surface area contributed by atoms with Gasteiger partial charge in [-0.15, -0.1) is 29.4 Å². The zero-order valence-electron chi connectivity index (χ0n) is 21.3. The number of aliphatic hydroxyl groups excluding tert-OH is 2. The third-order valence-electron chi connectivity index (χ3n) is 5.64. The zero-order chi connectivity index (χ0) is 27.1. The molecule has 0 aliphatic rings. The molecule has 0 spiro atoms. The first-order valence-corrected chi connectivity index (χ1v) is 12.1. The van der Waals surface area contributed by atoms with E-state index in [1.165, 1.54) is 24.3 Å². The van der Waals surface area contributed by atoms with Crippen molar-refractivity contribution in [2.45, 2.75) is 32.5 Å². The SMILES string of the molecule is CC(O)CC(C)O.Fc1ccc(-c2c[c-]c(-c3nnc(-c4ccc(-c5ccc(F)cc5)cc4)o3)cc2)cc1.[Ir]. The topological polar surface area (TPSA) is 79.4 Å². The molecule has 0 saturated heterocycles. The van der Waals surface area contributed by atoms with Crippen LogP contribution in [0.15, 0.2) is 95.4 Å². The van der Waals surface area contributed by atoms with Gasteiger partial charge in [0, 0.05) is 25.7 Å². The van der Waals surface area contributed by atoms with Crippen LogP contribution in [-0.4, -0.2) is 32.6 Å². The van der Waals surface area contributed by atoms with Crippen LogP contribution in [0, 0.1) is 17.7 Å². The molecule has 2 atom stereocenters. The number of aromatic nitrogens is 2. The van der Waals surface area contributed by atoms with E-state index in [-0.39, 0.29) is 43.9 Å². The van der Waals surface area contributed by atoms with Crippen molar-refractivity contribution in [3.05, 3.63) is 109 Å². The monoisotopic (exact) mass is 706 g/mol. The molecule has 0 amide bonds. The van der Waals surface area contributed by atoms with Gasteiger partial charge in [-0.3, -0.25) is 0 Å². The summed E-state index contributed by atoms with van der Waals surface area (Å²) in [6, 6.07) is 29.0. The first kappa shape index (κ1) is 30.0. The number of hydrogen-bond donors (Lipinski definition) is 2. The molecule has 2 N–H and O–H groups in total. The molecule has 0 saturated carbocycles. The Bertz CT molecular complexity index is 1330. The molecule has 0 aliphatic heterocycles. The van der Waals surface area contributed by atoms with Crippen LogP contribution >= 0.6 is 0 Å². The fraction of sp³-hybridized carbons (Fsp3) is 0.161. The van der Waals surface area contributed by atoms with Gasteiger partial charge in [-0.2, -0.15) is 5.10 Å². The molecule has 5 nitrogen and oxygen atoms in total. The first-order valence-electron chi connectivity index (χ1n) is 12.1. The van der Waals surface area contributed by atoms with Crippen molar-refractivity contribution < 1.29 is 43.5 Å². The minimum absolute atomic E-state index is 0. The summed E-state index contributed by atoms with van der Waals surface area (Å²) in [5.41, 5.74) is 5.17. The second kappa shape index (κ2) is 14.0. The summed E-state index contributed by atoms with van der Waals surface area (Å²) >= 11 is 0. The van der Waals surface area contributed by atoms with Crippen LogP contribution in [-0.2, 0) is 20.1 Å². The van der Waals surface area contributed by atoms with Gasteiger partial charge >= 0.3 is 0 Å². The van der Waals surface area contributed by atoms with Gasteiger partial charge in [0.15, 0.2) is 5.89 Å². The Morgan fingerprint density at radius 1 is 0.641 bits per heavy atom. The predicted octanol–water partition coefficient (Wildman–Crippen LogP) is 6.95. The average Bonchev–Trinajstić information content (AvgIpc) is 3.40. The van der Waals surface area contributed by atoms with E-state index in [4.69, 9.17) is 14.6 Å². The van der Waals surface area contributed by atoms with E-state index in [2.05, 4.69) is 16.3 Å². The molecule has 203 valence electrons. The van der Waals surface area contributed by atoms with Gasteiger partial charge in [0.1, 0.15) is 11.6 Å². The van der Waals surface area contributed by atoms with Crippen molar-refractivity contribution in [3.8, 4) is 45.2 Å². The summed E-state index contributed by atoms with van der Waals surface area (Å²) in [6.45, 7) is 3.32. The molecular weight excluding hydrogens is 679 g/mol. The van der Waals surface area contributed by atoms with E-state index < -0.39 is 0 Å². The normalized spacial score (nSPS) is 12.1. The Morgan fingerprint density at radius 3 is 1.49 bits per heavy atom. The molecular formula is C31H27F2IrN2O3-. The number of hydrogen-bond acceptors (Lipinski definition) is 5. The van der Waals surface area contributed by atoms with Gasteiger partial charge in [-0.25, -0.2) is 8.78 Å². The Kier molecular flexibility index (Phi) is 10.8. The van der Waals surface area contributed by atoms with Gasteiger partial charge in [-0.1, -0.05) is 53.1 Å². The molecule has 5 rings (SSSR count). The van der Waals surface area contributed by atoms with Crippen LogP contribution < -0.4 is 0 Å². The first-order chi connectivity index (χ1) is 18.3. The quantitative estimate of drug-likeness (QED) is 0.187.